The Morgan fingerprint density at radius 2 is 1.96 bits per heavy atom. The third kappa shape index (κ3) is 3.62. The molecule has 0 bridgehead atoms. The van der Waals surface area contributed by atoms with Gasteiger partial charge in [0.05, 0.1) is 23.3 Å². The molecule has 0 aliphatic rings. The molecule has 0 saturated carbocycles. The standard InChI is InChI=1S/C17H18N4O2S/c1-10-7-11(2)20-16(22)12(10)8-18-17(23)19-9-15-21-13-5-3-4-6-14(13)24-15/h3-7H,8-9H2,1-2H3,(H,20,22)(H2,18,19,23). The number of nitrogens with one attached hydrogen (secondary N) is 3. The number of urea groups is 1. The van der Waals surface area contributed by atoms with Crippen LogP contribution in [-0.2, 0) is 13.1 Å². The molecule has 0 saturated heterocycles. The van der Waals surface area contributed by atoms with Gasteiger partial charge in [-0.15, -0.1) is 11.3 Å². The molecule has 0 radical (unpaired) electrons. The van der Waals surface area contributed by atoms with Crippen LogP contribution in [0.25, 0.3) is 10.2 Å². The summed E-state index contributed by atoms with van der Waals surface area (Å²) in [6.45, 7) is 4.23. The summed E-state index contributed by atoms with van der Waals surface area (Å²) in [5, 5.41) is 6.32. The van der Waals surface area contributed by atoms with Gasteiger partial charge in [0, 0.05) is 11.3 Å². The van der Waals surface area contributed by atoms with Gasteiger partial charge in [-0.3, -0.25) is 4.79 Å². The Labute approximate surface area is 142 Å². The van der Waals surface area contributed by atoms with E-state index >= 15 is 0 Å². The molecular weight excluding hydrogens is 324 g/mol. The average Bonchev–Trinajstić information content (AvgIpc) is 2.94. The number of aryl methyl sites for hydroxylation is 2. The van der Waals surface area contributed by atoms with E-state index in [0.29, 0.717) is 12.1 Å². The summed E-state index contributed by atoms with van der Waals surface area (Å²) in [6.07, 6.45) is 0. The molecule has 2 amide bonds. The maximum absolute atomic E-state index is 11.9. The Kier molecular flexibility index (Phi) is 4.61. The molecule has 0 unspecified atom stereocenters. The van der Waals surface area contributed by atoms with Gasteiger partial charge >= 0.3 is 6.03 Å². The molecule has 0 spiro atoms. The fourth-order valence-electron chi connectivity index (χ4n) is 2.48. The Morgan fingerprint density at radius 3 is 2.71 bits per heavy atom. The number of hydrogen-bond acceptors (Lipinski definition) is 4. The van der Waals surface area contributed by atoms with Crippen LogP contribution in [0.1, 0.15) is 21.8 Å². The van der Waals surface area contributed by atoms with Crippen molar-refractivity contribution in [3.05, 3.63) is 62.5 Å². The SMILES string of the molecule is Cc1cc(C)c(CNC(=O)NCc2nc3ccccc3s2)c(=O)[nH]1. The normalized spacial score (nSPS) is 10.8. The molecule has 0 fully saturated rings. The van der Waals surface area contributed by atoms with E-state index in [1.165, 1.54) is 0 Å². The molecule has 3 aromatic rings. The lowest BCUT2D eigenvalue weighted by Crippen LogP contribution is -2.36. The van der Waals surface area contributed by atoms with E-state index in [4.69, 9.17) is 0 Å². The summed E-state index contributed by atoms with van der Waals surface area (Å²) in [5.74, 6) is 0. The number of thiazole rings is 1. The molecular formula is C17H18N4O2S. The maximum Gasteiger partial charge on any atom is 0.315 e. The number of para-hydroxylation sites is 1. The predicted molar refractivity (Wildman–Crippen MR) is 95.2 cm³/mol. The number of fused-ring (bicyclic) bond motifs is 1. The van der Waals surface area contributed by atoms with Crippen molar-refractivity contribution in [2.75, 3.05) is 0 Å². The zero-order chi connectivity index (χ0) is 17.1. The second kappa shape index (κ2) is 6.84. The van der Waals surface area contributed by atoms with Crippen LogP contribution in [0.4, 0.5) is 4.79 Å². The van der Waals surface area contributed by atoms with Crippen molar-refractivity contribution >= 4 is 27.6 Å². The van der Waals surface area contributed by atoms with Gasteiger partial charge in [0.25, 0.3) is 5.56 Å². The van der Waals surface area contributed by atoms with Crippen molar-refractivity contribution in [3.8, 4) is 0 Å². The third-order valence-electron chi connectivity index (χ3n) is 3.66. The number of benzene rings is 1. The topological polar surface area (TPSA) is 86.9 Å². The maximum atomic E-state index is 11.9. The minimum Gasteiger partial charge on any atom is -0.334 e. The number of nitrogens with zero attached hydrogens (tertiary/aromatic N) is 1. The van der Waals surface area contributed by atoms with Crippen molar-refractivity contribution in [2.24, 2.45) is 0 Å². The molecule has 24 heavy (non-hydrogen) atoms. The van der Waals surface area contributed by atoms with E-state index in [-0.39, 0.29) is 18.1 Å². The summed E-state index contributed by atoms with van der Waals surface area (Å²) in [6, 6.07) is 9.41. The highest BCUT2D eigenvalue weighted by atomic mass is 32.1. The van der Waals surface area contributed by atoms with Gasteiger partial charge in [-0.25, -0.2) is 9.78 Å². The van der Waals surface area contributed by atoms with Crippen molar-refractivity contribution in [1.82, 2.24) is 20.6 Å². The number of pyridine rings is 1. The zero-order valence-electron chi connectivity index (χ0n) is 13.5. The second-order valence-corrected chi connectivity index (χ2v) is 6.67. The van der Waals surface area contributed by atoms with Gasteiger partial charge in [0.15, 0.2) is 0 Å². The van der Waals surface area contributed by atoms with Crippen LogP contribution in [0.2, 0.25) is 0 Å². The number of aromatic amines is 1. The molecule has 6 nitrogen and oxygen atoms in total. The van der Waals surface area contributed by atoms with E-state index in [1.807, 2.05) is 44.2 Å². The van der Waals surface area contributed by atoms with Crippen molar-refractivity contribution < 1.29 is 4.79 Å². The molecule has 2 aromatic heterocycles. The Morgan fingerprint density at radius 1 is 1.21 bits per heavy atom. The Balaban J connectivity index is 1.57. The number of aromatic nitrogens is 2. The second-order valence-electron chi connectivity index (χ2n) is 5.55. The smallest absolute Gasteiger partial charge is 0.315 e. The fraction of sp³-hybridized carbons (Fsp3) is 0.235. The van der Waals surface area contributed by atoms with Gasteiger partial charge < -0.3 is 15.6 Å². The quantitative estimate of drug-likeness (QED) is 0.681. The first-order chi connectivity index (χ1) is 11.5. The lowest BCUT2D eigenvalue weighted by atomic mass is 10.1. The highest BCUT2D eigenvalue weighted by Crippen LogP contribution is 2.21. The molecule has 0 aliphatic carbocycles. The van der Waals surface area contributed by atoms with Gasteiger partial charge in [0.2, 0.25) is 0 Å². The van der Waals surface area contributed by atoms with Crippen LogP contribution in [-0.4, -0.2) is 16.0 Å². The Hall–Kier alpha value is -2.67. The van der Waals surface area contributed by atoms with Crippen LogP contribution in [0.15, 0.2) is 35.1 Å². The number of amides is 2. The van der Waals surface area contributed by atoms with Crippen LogP contribution in [0, 0.1) is 13.8 Å². The lowest BCUT2D eigenvalue weighted by molar-refractivity contribution is 0.240. The van der Waals surface area contributed by atoms with Crippen LogP contribution in [0.3, 0.4) is 0 Å². The third-order valence-corrected chi connectivity index (χ3v) is 4.69. The zero-order valence-corrected chi connectivity index (χ0v) is 14.3. The largest absolute Gasteiger partial charge is 0.334 e. The highest BCUT2D eigenvalue weighted by molar-refractivity contribution is 7.18. The average molecular weight is 342 g/mol. The number of hydrogen-bond donors (Lipinski definition) is 3. The minimum absolute atomic E-state index is 0.168. The van der Waals surface area contributed by atoms with Crippen molar-refractivity contribution in [2.45, 2.75) is 26.9 Å². The van der Waals surface area contributed by atoms with Crippen LogP contribution < -0.4 is 16.2 Å². The molecule has 2 heterocycles. The summed E-state index contributed by atoms with van der Waals surface area (Å²) in [7, 11) is 0. The lowest BCUT2D eigenvalue weighted by Gasteiger charge is -2.08. The predicted octanol–water partition coefficient (Wildman–Crippen LogP) is 2.60. The monoisotopic (exact) mass is 342 g/mol. The Bertz CT molecular complexity index is 912. The molecule has 3 rings (SSSR count). The van der Waals surface area contributed by atoms with Gasteiger partial charge in [-0.2, -0.15) is 0 Å². The first-order valence-electron chi connectivity index (χ1n) is 7.58. The molecule has 0 atom stereocenters. The van der Waals surface area contributed by atoms with Crippen LogP contribution in [0.5, 0.6) is 0 Å². The number of carbonyl (C=O) groups excluding carboxylic acids is 1. The van der Waals surface area contributed by atoms with E-state index in [1.54, 1.807) is 11.3 Å². The summed E-state index contributed by atoms with van der Waals surface area (Å²) in [4.78, 5) is 31.1. The molecule has 7 heteroatoms. The number of carbonyl (C=O) groups is 1. The molecule has 1 aromatic carbocycles. The first-order valence-corrected chi connectivity index (χ1v) is 8.40. The van der Waals surface area contributed by atoms with E-state index in [0.717, 1.165) is 26.5 Å². The summed E-state index contributed by atoms with van der Waals surface area (Å²) >= 11 is 1.55. The van der Waals surface area contributed by atoms with Crippen LogP contribution >= 0.6 is 11.3 Å². The van der Waals surface area contributed by atoms with E-state index < -0.39 is 0 Å². The summed E-state index contributed by atoms with van der Waals surface area (Å²) < 4.78 is 1.09. The number of H-pyrrole nitrogens is 1. The minimum atomic E-state index is -0.325. The van der Waals surface area contributed by atoms with Crippen molar-refractivity contribution in [3.63, 3.8) is 0 Å². The van der Waals surface area contributed by atoms with Gasteiger partial charge in [-0.1, -0.05) is 12.1 Å². The summed E-state index contributed by atoms with van der Waals surface area (Å²) in [5.41, 5.74) is 3.00. The molecule has 3 N–H and O–H groups in total. The highest BCUT2D eigenvalue weighted by Gasteiger charge is 2.08. The van der Waals surface area contributed by atoms with Crippen molar-refractivity contribution in [1.29, 1.82) is 0 Å². The molecule has 124 valence electrons. The molecule has 0 aliphatic heterocycles. The fourth-order valence-corrected chi connectivity index (χ4v) is 3.39. The van der Waals surface area contributed by atoms with E-state index in [2.05, 4.69) is 20.6 Å². The van der Waals surface area contributed by atoms with Gasteiger partial charge in [0.1, 0.15) is 5.01 Å². The van der Waals surface area contributed by atoms with Gasteiger partial charge in [-0.05, 0) is 37.6 Å². The van der Waals surface area contributed by atoms with E-state index in [9.17, 15) is 9.59 Å². The number of rotatable bonds is 4. The first kappa shape index (κ1) is 16.2.